The number of anilines is 6. The first-order valence-corrected chi connectivity index (χ1v) is 23.5. The monoisotopic (exact) mass is 850 g/mol. The molecule has 0 aromatic heterocycles. The highest BCUT2D eigenvalue weighted by Crippen LogP contribution is 2.49. The van der Waals surface area contributed by atoms with Gasteiger partial charge in [-0.05, 0) is 144 Å². The molecule has 9 aromatic rings. The maximum absolute atomic E-state index is 2.58. The predicted molar refractivity (Wildman–Crippen MR) is 284 cm³/mol. The second-order valence-corrected chi connectivity index (χ2v) is 20.3. The molecule has 0 unspecified atom stereocenters. The normalized spacial score (nSPS) is 13.0. The molecule has 0 bridgehead atoms. The van der Waals surface area contributed by atoms with E-state index in [0.717, 1.165) is 11.4 Å². The number of aryl methyl sites for hydroxylation is 1. The molecule has 0 saturated heterocycles. The third-order valence-corrected chi connectivity index (χ3v) is 13.7. The van der Waals surface area contributed by atoms with Crippen LogP contribution in [0.25, 0.3) is 44.5 Å². The molecule has 2 nitrogen and oxygen atoms in total. The fourth-order valence-corrected chi connectivity index (χ4v) is 10.6. The van der Waals surface area contributed by atoms with Gasteiger partial charge in [0, 0.05) is 34.1 Å². The molecular weight excluding hydrogens is 796 g/mol. The highest BCUT2D eigenvalue weighted by molar-refractivity contribution is 7.00. The van der Waals surface area contributed by atoms with E-state index < -0.39 is 0 Å². The Morgan fingerprint density at radius 1 is 0.333 bits per heavy atom. The number of nitrogens with zero attached hydrogens (tertiary/aromatic N) is 2. The van der Waals surface area contributed by atoms with E-state index in [2.05, 4.69) is 265 Å². The van der Waals surface area contributed by atoms with Gasteiger partial charge in [-0.1, -0.05) is 199 Å². The van der Waals surface area contributed by atoms with Crippen molar-refractivity contribution in [2.45, 2.75) is 59.3 Å². The number of rotatable bonds is 6. The van der Waals surface area contributed by atoms with Crippen molar-refractivity contribution >= 4 is 57.2 Å². The summed E-state index contributed by atoms with van der Waals surface area (Å²) >= 11 is 0. The lowest BCUT2D eigenvalue weighted by Gasteiger charge is -2.46. The van der Waals surface area contributed by atoms with Crippen molar-refractivity contribution in [3.63, 3.8) is 0 Å². The highest BCUT2D eigenvalue weighted by Gasteiger charge is 2.45. The molecule has 320 valence electrons. The topological polar surface area (TPSA) is 6.48 Å². The minimum atomic E-state index is -0.136. The molecule has 0 spiro atoms. The highest BCUT2D eigenvalue weighted by atomic mass is 15.2. The Morgan fingerprint density at radius 3 is 1.05 bits per heavy atom. The summed E-state index contributed by atoms with van der Waals surface area (Å²) in [6, 6.07) is 77.1. The van der Waals surface area contributed by atoms with Gasteiger partial charge >= 0.3 is 0 Å². The van der Waals surface area contributed by atoms with Gasteiger partial charge in [-0.3, -0.25) is 0 Å². The minimum absolute atomic E-state index is 0.0596. The minimum Gasteiger partial charge on any atom is -0.311 e. The van der Waals surface area contributed by atoms with Gasteiger partial charge in [0.25, 0.3) is 6.71 Å². The summed E-state index contributed by atoms with van der Waals surface area (Å²) in [5, 5.41) is 0. The molecule has 3 heteroatoms. The number of hydrogen-bond acceptors (Lipinski definition) is 2. The van der Waals surface area contributed by atoms with Crippen LogP contribution in [0.15, 0.2) is 206 Å². The zero-order valence-corrected chi connectivity index (χ0v) is 39.1. The molecule has 66 heavy (non-hydrogen) atoms. The van der Waals surface area contributed by atoms with Crippen LogP contribution >= 0.6 is 0 Å². The van der Waals surface area contributed by atoms with Crippen molar-refractivity contribution in [2.24, 2.45) is 0 Å². The smallest absolute Gasteiger partial charge is 0.252 e. The number of hydrogen-bond donors (Lipinski definition) is 0. The summed E-state index contributed by atoms with van der Waals surface area (Å²) in [4.78, 5) is 5.17. The number of fused-ring (bicyclic) bond motifs is 4. The fraction of sp³-hybridized carbons (Fsp3) is 0.143. The summed E-state index contributed by atoms with van der Waals surface area (Å²) in [5.41, 5.74) is 24.6. The molecule has 0 N–H and O–H groups in total. The lowest BCUT2D eigenvalue weighted by atomic mass is 9.33. The molecule has 0 radical (unpaired) electrons. The quantitative estimate of drug-likeness (QED) is 0.154. The van der Waals surface area contributed by atoms with Crippen LogP contribution in [0.1, 0.15) is 58.2 Å². The predicted octanol–water partition coefficient (Wildman–Crippen LogP) is 15.3. The van der Waals surface area contributed by atoms with Gasteiger partial charge in [0.2, 0.25) is 0 Å². The largest absolute Gasteiger partial charge is 0.311 e. The van der Waals surface area contributed by atoms with Gasteiger partial charge in [-0.15, -0.1) is 0 Å². The summed E-state index contributed by atoms with van der Waals surface area (Å²) < 4.78 is 0. The van der Waals surface area contributed by atoms with Crippen molar-refractivity contribution < 1.29 is 0 Å². The first kappa shape index (κ1) is 41.4. The van der Waals surface area contributed by atoms with Gasteiger partial charge in [-0.2, -0.15) is 0 Å². The van der Waals surface area contributed by atoms with Crippen LogP contribution < -0.4 is 26.2 Å². The Hall–Kier alpha value is -7.36. The zero-order chi connectivity index (χ0) is 45.3. The van der Waals surface area contributed by atoms with E-state index in [4.69, 9.17) is 0 Å². The van der Waals surface area contributed by atoms with E-state index in [9.17, 15) is 0 Å². The Bertz CT molecular complexity index is 3050. The van der Waals surface area contributed by atoms with Crippen molar-refractivity contribution in [3.8, 4) is 44.5 Å². The van der Waals surface area contributed by atoms with Crippen molar-refractivity contribution in [3.05, 3.63) is 223 Å². The van der Waals surface area contributed by atoms with Crippen molar-refractivity contribution in [1.82, 2.24) is 0 Å². The molecule has 0 aliphatic carbocycles. The Balaban J connectivity index is 1.28. The van der Waals surface area contributed by atoms with E-state index in [1.54, 1.807) is 0 Å². The van der Waals surface area contributed by atoms with Crippen LogP contribution in [0.3, 0.4) is 0 Å². The van der Waals surface area contributed by atoms with Crippen LogP contribution in [0, 0.1) is 6.92 Å². The fourth-order valence-electron chi connectivity index (χ4n) is 10.6. The maximum Gasteiger partial charge on any atom is 0.252 e. The lowest BCUT2D eigenvalue weighted by Crippen LogP contribution is -2.61. The third-order valence-electron chi connectivity index (χ3n) is 13.7. The Morgan fingerprint density at radius 2 is 0.682 bits per heavy atom. The summed E-state index contributed by atoms with van der Waals surface area (Å²) in [7, 11) is 0. The SMILES string of the molecule is Cc1cc2c3c(c1)N(c1cccc(-c4ccccc4)c1)c1cc(C(C)(C)C)c(-c4ccccc4)cc1B3c1cc(-c3ccccc3)c(C(C)(C)C)cc1N2c1cccc(-c2ccccc2)c1. The molecule has 9 aromatic carbocycles. The summed E-state index contributed by atoms with van der Waals surface area (Å²) in [5.74, 6) is 0. The van der Waals surface area contributed by atoms with Crippen molar-refractivity contribution in [1.29, 1.82) is 0 Å². The van der Waals surface area contributed by atoms with E-state index in [-0.39, 0.29) is 17.5 Å². The van der Waals surface area contributed by atoms with E-state index in [1.807, 2.05) is 0 Å². The summed E-state index contributed by atoms with van der Waals surface area (Å²) in [6.07, 6.45) is 0. The summed E-state index contributed by atoms with van der Waals surface area (Å²) in [6.45, 7) is 16.4. The molecule has 2 heterocycles. The Kier molecular flexibility index (Phi) is 10.0. The molecule has 0 atom stereocenters. The lowest BCUT2D eigenvalue weighted by molar-refractivity contribution is 0.592. The first-order chi connectivity index (χ1) is 31.9. The van der Waals surface area contributed by atoms with Gasteiger partial charge < -0.3 is 9.80 Å². The van der Waals surface area contributed by atoms with E-state index in [0.29, 0.717) is 0 Å². The standard InChI is InChI=1S/C63H55BN2/c1-42-34-59-61-60(35-42)66(50-33-21-31-48(37-50)44-24-14-9-15-25-44)58-41-54(63(5,6)7)52(46-28-18-11-19-29-46)39-56(58)64(61)55-38-51(45-26-16-10-17-27-45)53(62(2,3)4)40-57(55)65(59)49-32-20-30-47(36-49)43-22-12-8-13-23-43/h8-41H,1-7H3. The molecule has 0 fully saturated rings. The van der Waals surface area contributed by atoms with Crippen LogP contribution in [-0.2, 0) is 10.8 Å². The van der Waals surface area contributed by atoms with Gasteiger partial charge in [0.15, 0.2) is 0 Å². The van der Waals surface area contributed by atoms with E-state index >= 15 is 0 Å². The van der Waals surface area contributed by atoms with Crippen LogP contribution in [0.4, 0.5) is 34.1 Å². The second kappa shape index (κ2) is 16.0. The maximum atomic E-state index is 2.58. The molecule has 11 rings (SSSR count). The van der Waals surface area contributed by atoms with Crippen molar-refractivity contribution in [2.75, 3.05) is 9.80 Å². The first-order valence-electron chi connectivity index (χ1n) is 23.5. The molecule has 0 amide bonds. The van der Waals surface area contributed by atoms with Crippen LogP contribution in [0.5, 0.6) is 0 Å². The molecule has 2 aliphatic heterocycles. The third kappa shape index (κ3) is 7.15. The van der Waals surface area contributed by atoms with Gasteiger partial charge in [-0.25, -0.2) is 0 Å². The van der Waals surface area contributed by atoms with E-state index in [1.165, 1.54) is 100 Å². The molecule has 0 saturated carbocycles. The van der Waals surface area contributed by atoms with Gasteiger partial charge in [0.1, 0.15) is 0 Å². The Labute approximate surface area is 392 Å². The van der Waals surface area contributed by atoms with Crippen LogP contribution in [-0.4, -0.2) is 6.71 Å². The van der Waals surface area contributed by atoms with Gasteiger partial charge in [0.05, 0.1) is 0 Å². The second-order valence-electron chi connectivity index (χ2n) is 20.3. The number of benzene rings is 9. The average molecular weight is 851 g/mol. The molecule has 2 aliphatic rings. The zero-order valence-electron chi connectivity index (χ0n) is 39.1. The average Bonchev–Trinajstić information content (AvgIpc) is 3.33. The molecular formula is C63H55BN2. The van der Waals surface area contributed by atoms with Crippen LogP contribution in [0.2, 0.25) is 0 Å².